The second kappa shape index (κ2) is 8.53. The van der Waals surface area contributed by atoms with E-state index in [-0.39, 0.29) is 36.1 Å². The summed E-state index contributed by atoms with van der Waals surface area (Å²) < 4.78 is 0. The number of hydrogen-bond acceptors (Lipinski definition) is 3. The summed E-state index contributed by atoms with van der Waals surface area (Å²) in [6.45, 7) is 8.19. The minimum atomic E-state index is -0.803. The van der Waals surface area contributed by atoms with Crippen molar-refractivity contribution in [1.82, 2.24) is 9.80 Å². The van der Waals surface area contributed by atoms with Crippen LogP contribution in [0.2, 0.25) is 0 Å². The molecule has 0 aromatic carbocycles. The highest BCUT2D eigenvalue weighted by Crippen LogP contribution is 2.42. The standard InChI is InChI=1S/C21H36N2O3/c1-6-8-9-16(7-2)18(24)14-23-19(25)21(4,22(5)20(23)26)17-12-10-15(3)11-13-17/h15-17H,6-14H2,1-5H3. The molecular formula is C21H36N2O3. The first kappa shape index (κ1) is 20.9. The van der Waals surface area contributed by atoms with Gasteiger partial charge >= 0.3 is 6.03 Å². The SMILES string of the molecule is CCCCC(CC)C(=O)CN1C(=O)N(C)C(C)(C2CCC(C)CC2)C1=O. The summed E-state index contributed by atoms with van der Waals surface area (Å²) in [7, 11) is 1.72. The molecular weight excluding hydrogens is 328 g/mol. The Hall–Kier alpha value is -1.39. The first-order chi connectivity index (χ1) is 12.3. The van der Waals surface area contributed by atoms with Gasteiger partial charge in [-0.15, -0.1) is 0 Å². The molecule has 0 radical (unpaired) electrons. The lowest BCUT2D eigenvalue weighted by Crippen LogP contribution is -2.52. The zero-order chi connectivity index (χ0) is 19.5. The summed E-state index contributed by atoms with van der Waals surface area (Å²) in [5.41, 5.74) is -0.803. The first-order valence-corrected chi connectivity index (χ1v) is 10.4. The van der Waals surface area contributed by atoms with Crippen LogP contribution in [0, 0.1) is 17.8 Å². The van der Waals surface area contributed by atoms with Gasteiger partial charge in [0.05, 0.1) is 6.54 Å². The van der Waals surface area contributed by atoms with E-state index < -0.39 is 5.54 Å². The van der Waals surface area contributed by atoms with Gasteiger partial charge in [-0.3, -0.25) is 14.5 Å². The van der Waals surface area contributed by atoms with Crippen LogP contribution in [0.15, 0.2) is 0 Å². The van der Waals surface area contributed by atoms with Gasteiger partial charge in [-0.05, 0) is 44.4 Å². The molecule has 2 fully saturated rings. The third-order valence-electron chi connectivity index (χ3n) is 6.87. The number of rotatable bonds is 8. The minimum absolute atomic E-state index is 0.0255. The highest BCUT2D eigenvalue weighted by Gasteiger charge is 2.57. The van der Waals surface area contributed by atoms with E-state index in [4.69, 9.17) is 0 Å². The number of amides is 3. The van der Waals surface area contributed by atoms with Crippen LogP contribution in [0.25, 0.3) is 0 Å². The second-order valence-corrected chi connectivity index (χ2v) is 8.55. The maximum Gasteiger partial charge on any atom is 0.327 e. The van der Waals surface area contributed by atoms with Gasteiger partial charge in [0.15, 0.2) is 5.78 Å². The molecule has 1 aliphatic carbocycles. The first-order valence-electron chi connectivity index (χ1n) is 10.4. The van der Waals surface area contributed by atoms with E-state index in [0.29, 0.717) is 5.92 Å². The molecule has 5 nitrogen and oxygen atoms in total. The van der Waals surface area contributed by atoms with E-state index in [1.54, 1.807) is 11.9 Å². The van der Waals surface area contributed by atoms with Crippen molar-refractivity contribution in [3.63, 3.8) is 0 Å². The predicted molar refractivity (Wildman–Crippen MR) is 103 cm³/mol. The van der Waals surface area contributed by atoms with Crippen LogP contribution in [0.1, 0.15) is 79.1 Å². The van der Waals surface area contributed by atoms with Gasteiger partial charge < -0.3 is 4.90 Å². The van der Waals surface area contributed by atoms with E-state index in [1.807, 2.05) is 13.8 Å². The fourth-order valence-corrected chi connectivity index (χ4v) is 4.62. The summed E-state index contributed by atoms with van der Waals surface area (Å²) in [4.78, 5) is 41.5. The minimum Gasteiger partial charge on any atom is -0.313 e. The van der Waals surface area contributed by atoms with Crippen molar-refractivity contribution in [3.8, 4) is 0 Å². The summed E-state index contributed by atoms with van der Waals surface area (Å²) in [6, 6.07) is -0.310. The van der Waals surface area contributed by atoms with Crippen molar-refractivity contribution in [2.24, 2.45) is 17.8 Å². The lowest BCUT2D eigenvalue weighted by atomic mass is 9.72. The van der Waals surface area contributed by atoms with Crippen molar-refractivity contribution in [2.45, 2.75) is 84.6 Å². The zero-order valence-electron chi connectivity index (χ0n) is 17.2. The molecule has 26 heavy (non-hydrogen) atoms. The Morgan fingerprint density at radius 1 is 1.19 bits per heavy atom. The Morgan fingerprint density at radius 3 is 2.35 bits per heavy atom. The summed E-state index contributed by atoms with van der Waals surface area (Å²) in [6.07, 6.45) is 7.80. The summed E-state index contributed by atoms with van der Waals surface area (Å²) in [5, 5.41) is 0. The average molecular weight is 365 g/mol. The van der Waals surface area contributed by atoms with E-state index in [0.717, 1.165) is 51.4 Å². The lowest BCUT2D eigenvalue weighted by molar-refractivity contribution is -0.138. The van der Waals surface area contributed by atoms with Crippen LogP contribution in [-0.2, 0) is 9.59 Å². The van der Waals surface area contributed by atoms with Gasteiger partial charge in [0.1, 0.15) is 5.54 Å². The maximum atomic E-state index is 13.2. The molecule has 3 amide bonds. The lowest BCUT2D eigenvalue weighted by Gasteiger charge is -2.40. The Morgan fingerprint density at radius 2 is 1.81 bits per heavy atom. The van der Waals surface area contributed by atoms with Gasteiger partial charge in [-0.2, -0.15) is 0 Å². The molecule has 0 aromatic heterocycles. The van der Waals surface area contributed by atoms with Gasteiger partial charge in [0.2, 0.25) is 0 Å². The number of ketones is 1. The predicted octanol–water partition coefficient (Wildman–Crippen LogP) is 4.25. The molecule has 1 saturated heterocycles. The number of Topliss-reactive ketones (excluding diaryl/α,β-unsaturated/α-hetero) is 1. The number of likely N-dealkylation sites (N-methyl/N-ethyl adjacent to an activating group) is 1. The van der Waals surface area contributed by atoms with Crippen molar-refractivity contribution < 1.29 is 14.4 Å². The molecule has 5 heteroatoms. The van der Waals surface area contributed by atoms with Crippen LogP contribution in [-0.4, -0.2) is 46.7 Å². The number of nitrogens with zero attached hydrogens (tertiary/aromatic N) is 2. The van der Waals surface area contributed by atoms with Crippen LogP contribution < -0.4 is 0 Å². The average Bonchev–Trinajstić information content (AvgIpc) is 2.79. The molecule has 1 aliphatic heterocycles. The topological polar surface area (TPSA) is 57.7 Å². The number of hydrogen-bond donors (Lipinski definition) is 0. The molecule has 2 rings (SSSR count). The van der Waals surface area contributed by atoms with E-state index in [9.17, 15) is 14.4 Å². The normalized spacial score (nSPS) is 30.8. The molecule has 1 saturated carbocycles. The van der Waals surface area contributed by atoms with Gasteiger partial charge in [0.25, 0.3) is 5.91 Å². The number of carbonyl (C=O) groups is 3. The van der Waals surface area contributed by atoms with Crippen molar-refractivity contribution in [1.29, 1.82) is 0 Å². The molecule has 0 bridgehead atoms. The molecule has 148 valence electrons. The van der Waals surface area contributed by atoms with Crippen molar-refractivity contribution in [2.75, 3.05) is 13.6 Å². The van der Waals surface area contributed by atoms with E-state index in [2.05, 4.69) is 13.8 Å². The Kier molecular flexibility index (Phi) is 6.86. The smallest absolute Gasteiger partial charge is 0.313 e. The number of carbonyl (C=O) groups excluding carboxylic acids is 3. The van der Waals surface area contributed by atoms with Gasteiger partial charge in [-0.1, -0.05) is 46.5 Å². The van der Waals surface area contributed by atoms with Gasteiger partial charge in [-0.25, -0.2) is 4.79 Å². The maximum absolute atomic E-state index is 13.2. The van der Waals surface area contributed by atoms with Crippen LogP contribution in [0.5, 0.6) is 0 Å². The third kappa shape index (κ3) is 3.81. The largest absolute Gasteiger partial charge is 0.327 e. The fourth-order valence-electron chi connectivity index (χ4n) is 4.62. The summed E-state index contributed by atoms with van der Waals surface area (Å²) >= 11 is 0. The zero-order valence-corrected chi connectivity index (χ0v) is 17.2. The van der Waals surface area contributed by atoms with Crippen molar-refractivity contribution in [3.05, 3.63) is 0 Å². The van der Waals surface area contributed by atoms with Crippen LogP contribution in [0.4, 0.5) is 4.79 Å². The highest BCUT2D eigenvalue weighted by atomic mass is 16.2. The Bertz CT molecular complexity index is 539. The highest BCUT2D eigenvalue weighted by molar-refractivity contribution is 6.09. The molecule has 0 aromatic rings. The second-order valence-electron chi connectivity index (χ2n) is 8.55. The van der Waals surface area contributed by atoms with E-state index >= 15 is 0 Å². The number of imide groups is 1. The summed E-state index contributed by atoms with van der Waals surface area (Å²) in [5.74, 6) is 0.667. The van der Waals surface area contributed by atoms with E-state index in [1.165, 1.54) is 4.90 Å². The molecule has 0 N–H and O–H groups in total. The third-order valence-corrected chi connectivity index (χ3v) is 6.87. The molecule has 0 spiro atoms. The molecule has 2 atom stereocenters. The Labute approximate surface area is 158 Å². The molecule has 2 aliphatic rings. The quantitative estimate of drug-likeness (QED) is 0.605. The Balaban J connectivity index is 2.12. The van der Waals surface area contributed by atoms with Crippen LogP contribution in [0.3, 0.4) is 0 Å². The fraction of sp³-hybridized carbons (Fsp3) is 0.857. The monoisotopic (exact) mass is 364 g/mol. The van der Waals surface area contributed by atoms with Crippen molar-refractivity contribution >= 4 is 17.7 Å². The number of unbranched alkanes of at least 4 members (excludes halogenated alkanes) is 1. The molecule has 1 heterocycles. The van der Waals surface area contributed by atoms with Crippen LogP contribution >= 0.6 is 0 Å². The van der Waals surface area contributed by atoms with Gasteiger partial charge in [0, 0.05) is 13.0 Å². The number of urea groups is 1. The molecule has 2 unspecified atom stereocenters.